The van der Waals surface area contributed by atoms with Crippen molar-refractivity contribution in [3.63, 3.8) is 0 Å². The maximum Gasteiger partial charge on any atom is 0.248 e. The van der Waals surface area contributed by atoms with Crippen LogP contribution in [0.4, 0.5) is 0 Å². The molecular weight excluding hydrogens is 224 g/mol. The third-order valence-electron chi connectivity index (χ3n) is 3.14. The highest BCUT2D eigenvalue weighted by Crippen LogP contribution is 2.32. The molecule has 0 bridgehead atoms. The fourth-order valence-electron chi connectivity index (χ4n) is 2.02. The van der Waals surface area contributed by atoms with E-state index in [9.17, 15) is 4.79 Å². The number of amides is 1. The zero-order valence-electron chi connectivity index (χ0n) is 11.5. The van der Waals surface area contributed by atoms with Gasteiger partial charge in [-0.25, -0.2) is 5.01 Å². The quantitative estimate of drug-likeness (QED) is 0.746. The van der Waals surface area contributed by atoms with Crippen molar-refractivity contribution in [3.05, 3.63) is 35.4 Å². The molecule has 0 spiro atoms. The van der Waals surface area contributed by atoms with Crippen LogP contribution in [0.15, 0.2) is 29.4 Å². The van der Waals surface area contributed by atoms with E-state index in [4.69, 9.17) is 0 Å². The standard InChI is InChI=1S/C15H20N2O/c1-11-5-7-12(8-6-11)13-9-10-16-17(13)14(18)15(2,3)4/h5-8,10,13H,9H2,1-4H3. The van der Waals surface area contributed by atoms with Crippen molar-refractivity contribution < 1.29 is 4.79 Å². The molecule has 2 rings (SSSR count). The molecule has 1 amide bonds. The van der Waals surface area contributed by atoms with E-state index < -0.39 is 5.41 Å². The lowest BCUT2D eigenvalue weighted by Gasteiger charge is -2.28. The SMILES string of the molecule is Cc1ccc(C2CC=NN2C(=O)C(C)(C)C)cc1. The zero-order chi connectivity index (χ0) is 13.3. The van der Waals surface area contributed by atoms with Gasteiger partial charge in [0.15, 0.2) is 0 Å². The van der Waals surface area contributed by atoms with Crippen LogP contribution in [0.2, 0.25) is 0 Å². The smallest absolute Gasteiger partial charge is 0.248 e. The predicted octanol–water partition coefficient (Wildman–Crippen LogP) is 3.30. The molecule has 0 saturated heterocycles. The minimum atomic E-state index is -0.398. The first-order valence-corrected chi connectivity index (χ1v) is 6.32. The highest BCUT2D eigenvalue weighted by Gasteiger charge is 2.34. The van der Waals surface area contributed by atoms with E-state index in [1.165, 1.54) is 5.56 Å². The maximum absolute atomic E-state index is 12.3. The number of carbonyl (C=O) groups excluding carboxylic acids is 1. The molecule has 0 saturated carbocycles. The van der Waals surface area contributed by atoms with Crippen LogP contribution in [0.1, 0.15) is 44.4 Å². The van der Waals surface area contributed by atoms with Crippen molar-refractivity contribution in [3.8, 4) is 0 Å². The second-order valence-electron chi connectivity index (χ2n) is 5.86. The van der Waals surface area contributed by atoms with E-state index in [0.29, 0.717) is 0 Å². The average molecular weight is 244 g/mol. The molecule has 0 aliphatic carbocycles. The molecule has 0 N–H and O–H groups in total. The van der Waals surface area contributed by atoms with Gasteiger partial charge in [-0.1, -0.05) is 50.6 Å². The van der Waals surface area contributed by atoms with Crippen LogP contribution in [0.25, 0.3) is 0 Å². The van der Waals surface area contributed by atoms with E-state index in [2.05, 4.69) is 36.3 Å². The summed E-state index contributed by atoms with van der Waals surface area (Å²) < 4.78 is 0. The van der Waals surface area contributed by atoms with Gasteiger partial charge in [-0.15, -0.1) is 0 Å². The third-order valence-corrected chi connectivity index (χ3v) is 3.14. The van der Waals surface area contributed by atoms with E-state index in [0.717, 1.165) is 12.0 Å². The lowest BCUT2D eigenvalue weighted by atomic mass is 9.93. The number of nitrogens with zero attached hydrogens (tertiary/aromatic N) is 2. The monoisotopic (exact) mass is 244 g/mol. The van der Waals surface area contributed by atoms with E-state index in [1.807, 2.05) is 27.0 Å². The van der Waals surface area contributed by atoms with E-state index in [1.54, 1.807) is 5.01 Å². The fourth-order valence-corrected chi connectivity index (χ4v) is 2.02. The number of hydrogen-bond acceptors (Lipinski definition) is 2. The van der Waals surface area contributed by atoms with Crippen molar-refractivity contribution in [2.75, 3.05) is 0 Å². The summed E-state index contributed by atoms with van der Waals surface area (Å²) in [6.45, 7) is 7.84. The summed E-state index contributed by atoms with van der Waals surface area (Å²) >= 11 is 0. The molecule has 1 unspecified atom stereocenters. The highest BCUT2D eigenvalue weighted by atomic mass is 16.2. The van der Waals surface area contributed by atoms with Gasteiger partial charge in [-0.05, 0) is 12.5 Å². The summed E-state index contributed by atoms with van der Waals surface area (Å²) in [4.78, 5) is 12.3. The largest absolute Gasteiger partial charge is 0.272 e. The lowest BCUT2D eigenvalue weighted by molar-refractivity contribution is -0.141. The Morgan fingerprint density at radius 3 is 2.44 bits per heavy atom. The topological polar surface area (TPSA) is 32.7 Å². The van der Waals surface area contributed by atoms with Crippen molar-refractivity contribution >= 4 is 12.1 Å². The first kappa shape index (κ1) is 12.8. The Morgan fingerprint density at radius 1 is 1.28 bits per heavy atom. The van der Waals surface area contributed by atoms with Crippen LogP contribution >= 0.6 is 0 Å². The van der Waals surface area contributed by atoms with Crippen molar-refractivity contribution in [1.29, 1.82) is 0 Å². The number of benzene rings is 1. The summed E-state index contributed by atoms with van der Waals surface area (Å²) in [5, 5.41) is 5.87. The molecule has 1 aromatic rings. The molecule has 0 aromatic heterocycles. The van der Waals surface area contributed by atoms with Crippen LogP contribution in [-0.4, -0.2) is 17.1 Å². The molecule has 1 aliphatic rings. The first-order chi connectivity index (χ1) is 8.39. The molecule has 1 atom stereocenters. The van der Waals surface area contributed by atoms with Crippen LogP contribution in [0.3, 0.4) is 0 Å². The normalized spacial score (nSPS) is 19.3. The minimum absolute atomic E-state index is 0.0531. The molecule has 0 fully saturated rings. The second kappa shape index (κ2) is 4.56. The Bertz CT molecular complexity index is 468. The number of hydrogen-bond donors (Lipinski definition) is 0. The highest BCUT2D eigenvalue weighted by molar-refractivity contribution is 5.84. The molecule has 1 aromatic carbocycles. The fraction of sp³-hybridized carbons (Fsp3) is 0.467. The Labute approximate surface area is 108 Å². The molecule has 0 radical (unpaired) electrons. The zero-order valence-corrected chi connectivity index (χ0v) is 11.5. The summed E-state index contributed by atoms with van der Waals surface area (Å²) in [6, 6.07) is 8.37. The summed E-state index contributed by atoms with van der Waals surface area (Å²) in [5.74, 6) is 0.0711. The van der Waals surface area contributed by atoms with Gasteiger partial charge < -0.3 is 0 Å². The summed E-state index contributed by atoms with van der Waals surface area (Å²) in [6.07, 6.45) is 2.62. The maximum atomic E-state index is 12.3. The van der Waals surface area contributed by atoms with Gasteiger partial charge in [0.2, 0.25) is 5.91 Å². The lowest BCUT2D eigenvalue weighted by Crippen LogP contribution is -2.36. The molecule has 1 aliphatic heterocycles. The Balaban J connectivity index is 2.24. The molecule has 3 nitrogen and oxygen atoms in total. The summed E-state index contributed by atoms with van der Waals surface area (Å²) in [5.41, 5.74) is 1.98. The molecule has 18 heavy (non-hydrogen) atoms. The van der Waals surface area contributed by atoms with Gasteiger partial charge in [0.25, 0.3) is 0 Å². The average Bonchev–Trinajstić information content (AvgIpc) is 2.76. The second-order valence-corrected chi connectivity index (χ2v) is 5.86. The van der Waals surface area contributed by atoms with E-state index >= 15 is 0 Å². The first-order valence-electron chi connectivity index (χ1n) is 6.32. The number of hydrazone groups is 1. The van der Waals surface area contributed by atoms with Gasteiger partial charge in [-0.2, -0.15) is 5.10 Å². The van der Waals surface area contributed by atoms with Gasteiger partial charge >= 0.3 is 0 Å². The van der Waals surface area contributed by atoms with Gasteiger partial charge in [0.1, 0.15) is 0 Å². The third kappa shape index (κ3) is 2.45. The summed E-state index contributed by atoms with van der Waals surface area (Å²) in [7, 11) is 0. The van der Waals surface area contributed by atoms with Crippen LogP contribution in [0.5, 0.6) is 0 Å². The Hall–Kier alpha value is -1.64. The van der Waals surface area contributed by atoms with Crippen LogP contribution in [-0.2, 0) is 4.79 Å². The van der Waals surface area contributed by atoms with Gasteiger partial charge in [0, 0.05) is 18.1 Å². The number of aryl methyl sites for hydroxylation is 1. The molecule has 1 heterocycles. The van der Waals surface area contributed by atoms with Crippen molar-refractivity contribution in [2.24, 2.45) is 10.5 Å². The predicted molar refractivity (Wildman–Crippen MR) is 73.3 cm³/mol. The molecule has 3 heteroatoms. The Morgan fingerprint density at radius 2 is 1.89 bits per heavy atom. The van der Waals surface area contributed by atoms with E-state index in [-0.39, 0.29) is 11.9 Å². The molecule has 96 valence electrons. The van der Waals surface area contributed by atoms with Gasteiger partial charge in [0.05, 0.1) is 6.04 Å². The van der Waals surface area contributed by atoms with Crippen molar-refractivity contribution in [1.82, 2.24) is 5.01 Å². The van der Waals surface area contributed by atoms with Crippen LogP contribution in [0, 0.1) is 12.3 Å². The molecular formula is C15H20N2O. The number of rotatable bonds is 1. The Kier molecular flexibility index (Phi) is 3.24. The minimum Gasteiger partial charge on any atom is -0.272 e. The van der Waals surface area contributed by atoms with Gasteiger partial charge in [-0.3, -0.25) is 4.79 Å². The van der Waals surface area contributed by atoms with Crippen LogP contribution < -0.4 is 0 Å². The number of carbonyl (C=O) groups is 1. The van der Waals surface area contributed by atoms with Crippen molar-refractivity contribution in [2.45, 2.75) is 40.2 Å².